The fourth-order valence-electron chi connectivity index (χ4n) is 2.85. The molecule has 0 saturated heterocycles. The minimum absolute atomic E-state index is 0.329. The molecule has 0 aromatic carbocycles. The van der Waals surface area contributed by atoms with E-state index in [1.807, 2.05) is 12.1 Å². The molecule has 4 atom stereocenters. The molecule has 2 rings (SSSR count). The third kappa shape index (κ3) is 2.67. The monoisotopic (exact) mass is 221 g/mol. The summed E-state index contributed by atoms with van der Waals surface area (Å²) in [6, 6.07) is 4.99. The molecule has 0 radical (unpaired) electrons. The average molecular weight is 221 g/mol. The summed E-state index contributed by atoms with van der Waals surface area (Å²) in [6.45, 7) is 6.91. The molecule has 1 heterocycles. The Hall–Kier alpha value is -0.760. The molecule has 16 heavy (non-hydrogen) atoms. The Morgan fingerprint density at radius 3 is 2.81 bits per heavy atom. The van der Waals surface area contributed by atoms with Crippen LogP contribution in [0.4, 0.5) is 0 Å². The van der Waals surface area contributed by atoms with Crippen LogP contribution in [-0.2, 0) is 0 Å². The lowest BCUT2D eigenvalue weighted by molar-refractivity contribution is 0.210. The van der Waals surface area contributed by atoms with Crippen LogP contribution in [0.3, 0.4) is 0 Å². The number of furan rings is 1. The summed E-state index contributed by atoms with van der Waals surface area (Å²) in [5.74, 6) is 2.72. The van der Waals surface area contributed by atoms with Gasteiger partial charge in [-0.05, 0) is 50.2 Å². The van der Waals surface area contributed by atoms with Gasteiger partial charge in [0.15, 0.2) is 0 Å². The zero-order valence-electron chi connectivity index (χ0n) is 10.6. The Kier molecular flexibility index (Phi) is 3.70. The van der Waals surface area contributed by atoms with Crippen LogP contribution in [0.5, 0.6) is 0 Å². The zero-order chi connectivity index (χ0) is 11.5. The van der Waals surface area contributed by atoms with Crippen molar-refractivity contribution in [2.75, 3.05) is 0 Å². The third-order valence-electron chi connectivity index (χ3n) is 3.87. The van der Waals surface area contributed by atoms with Gasteiger partial charge in [-0.1, -0.05) is 13.8 Å². The Balaban J connectivity index is 1.89. The fraction of sp³-hybridized carbons (Fsp3) is 0.714. The van der Waals surface area contributed by atoms with Crippen molar-refractivity contribution in [1.82, 2.24) is 5.32 Å². The first kappa shape index (κ1) is 11.7. The number of hydrogen-bond acceptors (Lipinski definition) is 2. The molecule has 1 fully saturated rings. The minimum Gasteiger partial charge on any atom is -0.468 e. The molecule has 0 spiro atoms. The van der Waals surface area contributed by atoms with Crippen LogP contribution in [-0.4, -0.2) is 6.04 Å². The molecule has 1 N–H and O–H groups in total. The van der Waals surface area contributed by atoms with E-state index in [4.69, 9.17) is 4.42 Å². The van der Waals surface area contributed by atoms with Crippen LogP contribution >= 0.6 is 0 Å². The normalized spacial score (nSPS) is 32.6. The van der Waals surface area contributed by atoms with Crippen molar-refractivity contribution >= 4 is 0 Å². The summed E-state index contributed by atoms with van der Waals surface area (Å²) in [6.07, 6.45) is 5.75. The highest BCUT2D eigenvalue weighted by molar-refractivity contribution is 5.03. The predicted octanol–water partition coefficient (Wildman–Crippen LogP) is 3.75. The minimum atomic E-state index is 0.329. The molecule has 1 aromatic rings. The second-order valence-corrected chi connectivity index (χ2v) is 5.41. The molecule has 0 amide bonds. The van der Waals surface area contributed by atoms with Gasteiger partial charge in [-0.3, -0.25) is 0 Å². The van der Waals surface area contributed by atoms with E-state index < -0.39 is 0 Å². The Morgan fingerprint density at radius 2 is 2.19 bits per heavy atom. The lowest BCUT2D eigenvalue weighted by atomic mass is 9.79. The highest BCUT2D eigenvalue weighted by atomic mass is 16.3. The predicted molar refractivity (Wildman–Crippen MR) is 66.2 cm³/mol. The molecule has 1 aliphatic rings. The fourth-order valence-corrected chi connectivity index (χ4v) is 2.85. The second-order valence-electron chi connectivity index (χ2n) is 5.41. The summed E-state index contributed by atoms with van der Waals surface area (Å²) < 4.78 is 5.43. The second kappa shape index (κ2) is 5.05. The van der Waals surface area contributed by atoms with Gasteiger partial charge >= 0.3 is 0 Å². The van der Waals surface area contributed by atoms with Gasteiger partial charge in [-0.15, -0.1) is 0 Å². The van der Waals surface area contributed by atoms with Crippen molar-refractivity contribution in [2.24, 2.45) is 11.8 Å². The first-order valence-electron chi connectivity index (χ1n) is 6.46. The highest BCUT2D eigenvalue weighted by Crippen LogP contribution is 2.30. The maximum absolute atomic E-state index is 5.43. The Morgan fingerprint density at radius 1 is 1.38 bits per heavy atom. The van der Waals surface area contributed by atoms with E-state index >= 15 is 0 Å². The lowest BCUT2D eigenvalue weighted by Gasteiger charge is -2.34. The number of rotatable bonds is 3. The van der Waals surface area contributed by atoms with Crippen molar-refractivity contribution in [3.05, 3.63) is 24.2 Å². The van der Waals surface area contributed by atoms with E-state index in [-0.39, 0.29) is 0 Å². The van der Waals surface area contributed by atoms with E-state index in [2.05, 4.69) is 26.1 Å². The SMILES string of the molecule is CC1CCC(NC(C)c2ccco2)C(C)C1. The quantitative estimate of drug-likeness (QED) is 0.840. The Labute approximate surface area is 98.4 Å². The zero-order valence-corrected chi connectivity index (χ0v) is 10.6. The first-order chi connectivity index (χ1) is 7.66. The van der Waals surface area contributed by atoms with Gasteiger partial charge < -0.3 is 9.73 Å². The molecule has 2 nitrogen and oxygen atoms in total. The Bertz CT molecular complexity index is 307. The van der Waals surface area contributed by atoms with E-state index in [9.17, 15) is 0 Å². The van der Waals surface area contributed by atoms with Crippen molar-refractivity contribution in [2.45, 2.75) is 52.1 Å². The smallest absolute Gasteiger partial charge is 0.120 e. The molecule has 0 bridgehead atoms. The van der Waals surface area contributed by atoms with Crippen LogP contribution in [0.1, 0.15) is 51.8 Å². The maximum Gasteiger partial charge on any atom is 0.120 e. The maximum atomic E-state index is 5.43. The van der Waals surface area contributed by atoms with Gasteiger partial charge in [0.05, 0.1) is 12.3 Å². The van der Waals surface area contributed by atoms with Gasteiger partial charge in [0.1, 0.15) is 5.76 Å². The van der Waals surface area contributed by atoms with Crippen LogP contribution in [0, 0.1) is 11.8 Å². The molecule has 4 unspecified atom stereocenters. The summed E-state index contributed by atoms with van der Waals surface area (Å²) in [5, 5.41) is 3.70. The molecular formula is C14H23NO. The van der Waals surface area contributed by atoms with Crippen molar-refractivity contribution in [1.29, 1.82) is 0 Å². The number of nitrogens with one attached hydrogen (secondary N) is 1. The van der Waals surface area contributed by atoms with Gasteiger partial charge in [0.25, 0.3) is 0 Å². The average Bonchev–Trinajstić information content (AvgIpc) is 2.75. The largest absolute Gasteiger partial charge is 0.468 e. The molecule has 0 aliphatic heterocycles. The van der Waals surface area contributed by atoms with Gasteiger partial charge in [0.2, 0.25) is 0 Å². The highest BCUT2D eigenvalue weighted by Gasteiger charge is 2.26. The molecule has 2 heteroatoms. The van der Waals surface area contributed by atoms with Crippen LogP contribution in [0.2, 0.25) is 0 Å². The summed E-state index contributed by atoms with van der Waals surface area (Å²) in [7, 11) is 0. The van der Waals surface area contributed by atoms with Crippen LogP contribution < -0.4 is 5.32 Å². The van der Waals surface area contributed by atoms with Gasteiger partial charge in [0, 0.05) is 6.04 Å². The lowest BCUT2D eigenvalue weighted by Crippen LogP contribution is -2.40. The molecule has 90 valence electrons. The van der Waals surface area contributed by atoms with Crippen molar-refractivity contribution in [3.8, 4) is 0 Å². The van der Waals surface area contributed by atoms with Gasteiger partial charge in [-0.2, -0.15) is 0 Å². The number of hydrogen-bond donors (Lipinski definition) is 1. The summed E-state index contributed by atoms with van der Waals surface area (Å²) in [5.41, 5.74) is 0. The molecule has 1 aliphatic carbocycles. The van der Waals surface area contributed by atoms with Crippen molar-refractivity contribution in [3.63, 3.8) is 0 Å². The van der Waals surface area contributed by atoms with Crippen LogP contribution in [0.15, 0.2) is 22.8 Å². The van der Waals surface area contributed by atoms with E-state index in [0.717, 1.165) is 17.6 Å². The van der Waals surface area contributed by atoms with Crippen LogP contribution in [0.25, 0.3) is 0 Å². The van der Waals surface area contributed by atoms with E-state index in [1.54, 1.807) is 6.26 Å². The molecular weight excluding hydrogens is 198 g/mol. The van der Waals surface area contributed by atoms with E-state index in [0.29, 0.717) is 12.1 Å². The standard InChI is InChI=1S/C14H23NO/c1-10-6-7-13(11(2)9-10)15-12(3)14-5-4-8-16-14/h4-5,8,10-13,15H,6-7,9H2,1-3H3. The third-order valence-corrected chi connectivity index (χ3v) is 3.87. The van der Waals surface area contributed by atoms with Gasteiger partial charge in [-0.25, -0.2) is 0 Å². The topological polar surface area (TPSA) is 25.2 Å². The van der Waals surface area contributed by atoms with Crippen molar-refractivity contribution < 1.29 is 4.42 Å². The first-order valence-corrected chi connectivity index (χ1v) is 6.46. The molecule has 1 aromatic heterocycles. The summed E-state index contributed by atoms with van der Waals surface area (Å²) >= 11 is 0. The van der Waals surface area contributed by atoms with E-state index in [1.165, 1.54) is 19.3 Å². The summed E-state index contributed by atoms with van der Waals surface area (Å²) in [4.78, 5) is 0. The molecule has 1 saturated carbocycles.